The van der Waals surface area contributed by atoms with Crippen molar-refractivity contribution in [2.75, 3.05) is 6.54 Å². The van der Waals surface area contributed by atoms with Gasteiger partial charge in [0.15, 0.2) is 5.78 Å². The van der Waals surface area contributed by atoms with Gasteiger partial charge in [-0.25, -0.2) is 4.68 Å². The molecule has 0 unspecified atom stereocenters. The molecular weight excluding hydrogens is 431 g/mol. The van der Waals surface area contributed by atoms with Crippen molar-refractivity contribution in [3.05, 3.63) is 46.8 Å². The zero-order valence-electron chi connectivity index (χ0n) is 18.7. The Balaban J connectivity index is 1.80. The molecule has 2 aliphatic rings. The van der Waals surface area contributed by atoms with Gasteiger partial charge in [0.2, 0.25) is 5.91 Å². The number of carbonyl (C=O) groups is 2. The normalized spacial score (nSPS) is 19.9. The molecule has 1 aromatic heterocycles. The molecule has 0 spiro atoms. The van der Waals surface area contributed by atoms with Gasteiger partial charge in [-0.3, -0.25) is 9.59 Å². The zero-order chi connectivity index (χ0) is 24.0. The van der Waals surface area contributed by atoms with E-state index in [1.165, 1.54) is 12.1 Å². The Morgan fingerprint density at radius 3 is 2.58 bits per heavy atom. The van der Waals surface area contributed by atoms with Crippen LogP contribution < -0.4 is 0 Å². The number of hydrogen-bond donors (Lipinski definition) is 0. The number of Topliss-reactive ketones (excluding diaryl/α,β-unsaturated/α-hetero) is 1. The maximum atomic E-state index is 13.2. The third-order valence-electron chi connectivity index (χ3n) is 6.38. The molecule has 1 fully saturated rings. The Labute approximate surface area is 191 Å². The van der Waals surface area contributed by atoms with E-state index in [1.54, 1.807) is 9.58 Å². The number of carbonyl (C=O) groups excluding carboxylic acids is 2. The van der Waals surface area contributed by atoms with Gasteiger partial charge in [-0.05, 0) is 48.9 Å². The second-order valence-corrected chi connectivity index (χ2v) is 9.55. The SMILES string of the molecule is C#CCCC(=O)N1CCC[C@H]1c1nn(-c2ccc(C(F)(F)F)cc2)c2c1C(=O)CC(C)(C)C2. The first-order chi connectivity index (χ1) is 15.5. The summed E-state index contributed by atoms with van der Waals surface area (Å²) in [7, 11) is 0. The second kappa shape index (κ2) is 8.36. The smallest absolute Gasteiger partial charge is 0.334 e. The third kappa shape index (κ3) is 4.41. The van der Waals surface area contributed by atoms with Crippen LogP contribution in [0.2, 0.25) is 0 Å². The highest BCUT2D eigenvalue weighted by molar-refractivity contribution is 6.00. The number of hydrogen-bond acceptors (Lipinski definition) is 3. The van der Waals surface area contributed by atoms with Crippen LogP contribution in [0.3, 0.4) is 0 Å². The number of terminal acetylenes is 1. The molecule has 0 N–H and O–H groups in total. The predicted octanol–water partition coefficient (Wildman–Crippen LogP) is 5.12. The summed E-state index contributed by atoms with van der Waals surface area (Å²) >= 11 is 0. The van der Waals surface area contributed by atoms with Gasteiger partial charge in [0.05, 0.1) is 34.2 Å². The molecule has 1 aliphatic carbocycles. The summed E-state index contributed by atoms with van der Waals surface area (Å²) in [5, 5.41) is 4.75. The van der Waals surface area contributed by atoms with Crippen LogP contribution in [0.1, 0.15) is 79.3 Å². The first-order valence-corrected chi connectivity index (χ1v) is 11.1. The molecule has 33 heavy (non-hydrogen) atoms. The number of nitrogens with zero attached hydrogens (tertiary/aromatic N) is 3. The summed E-state index contributed by atoms with van der Waals surface area (Å²) in [5.41, 5.74) is 1.15. The van der Waals surface area contributed by atoms with Gasteiger partial charge in [0.1, 0.15) is 0 Å². The molecule has 1 saturated heterocycles. The number of aromatic nitrogens is 2. The minimum Gasteiger partial charge on any atom is -0.334 e. The predicted molar refractivity (Wildman–Crippen MR) is 117 cm³/mol. The average Bonchev–Trinajstić information content (AvgIpc) is 3.35. The van der Waals surface area contributed by atoms with E-state index in [0.717, 1.165) is 18.6 Å². The highest BCUT2D eigenvalue weighted by atomic mass is 19.4. The van der Waals surface area contributed by atoms with Crippen LogP contribution in [0.4, 0.5) is 13.2 Å². The molecule has 0 bridgehead atoms. The van der Waals surface area contributed by atoms with E-state index in [1.807, 2.05) is 13.8 Å². The molecule has 0 saturated carbocycles. The zero-order valence-corrected chi connectivity index (χ0v) is 18.7. The molecule has 0 radical (unpaired) electrons. The molecule has 2 heterocycles. The molecule has 2 aromatic rings. The van der Waals surface area contributed by atoms with Crippen molar-refractivity contribution in [2.45, 2.75) is 64.6 Å². The number of likely N-dealkylation sites (tertiary alicyclic amines) is 1. The fourth-order valence-corrected chi connectivity index (χ4v) is 4.89. The van der Waals surface area contributed by atoms with Crippen LogP contribution in [0, 0.1) is 17.8 Å². The number of ketones is 1. The standard InChI is InChI=1S/C25H26F3N3O2/c1-4-5-8-21(33)30-13-6-7-18(30)23-22-19(14-24(2,3)15-20(22)32)31(29-23)17-11-9-16(10-12-17)25(26,27)28/h1,9-12,18H,5-8,13-15H2,2-3H3/t18-/m0/s1. The van der Waals surface area contributed by atoms with E-state index in [4.69, 9.17) is 11.5 Å². The molecule has 174 valence electrons. The van der Waals surface area contributed by atoms with Crippen molar-refractivity contribution in [2.24, 2.45) is 5.41 Å². The number of alkyl halides is 3. The molecule has 1 atom stereocenters. The van der Waals surface area contributed by atoms with Crippen LogP contribution in [-0.4, -0.2) is 32.9 Å². The van der Waals surface area contributed by atoms with E-state index >= 15 is 0 Å². The quantitative estimate of drug-likeness (QED) is 0.599. The highest BCUT2D eigenvalue weighted by Gasteiger charge is 2.41. The van der Waals surface area contributed by atoms with E-state index < -0.39 is 11.7 Å². The number of fused-ring (bicyclic) bond motifs is 1. The number of amides is 1. The van der Waals surface area contributed by atoms with Crippen molar-refractivity contribution in [3.8, 4) is 18.0 Å². The lowest BCUT2D eigenvalue weighted by atomic mass is 9.75. The van der Waals surface area contributed by atoms with Gasteiger partial charge in [0, 0.05) is 25.8 Å². The van der Waals surface area contributed by atoms with Crippen LogP contribution >= 0.6 is 0 Å². The lowest BCUT2D eigenvalue weighted by molar-refractivity contribution is -0.137. The van der Waals surface area contributed by atoms with Crippen LogP contribution in [-0.2, 0) is 17.4 Å². The minimum absolute atomic E-state index is 0.0441. The Morgan fingerprint density at radius 1 is 1.24 bits per heavy atom. The molecule has 5 nitrogen and oxygen atoms in total. The number of benzene rings is 1. The maximum absolute atomic E-state index is 13.2. The molecule has 8 heteroatoms. The van der Waals surface area contributed by atoms with Crippen molar-refractivity contribution in [1.29, 1.82) is 0 Å². The summed E-state index contributed by atoms with van der Waals surface area (Å²) in [6.45, 7) is 4.54. The largest absolute Gasteiger partial charge is 0.416 e. The van der Waals surface area contributed by atoms with Crippen molar-refractivity contribution in [3.63, 3.8) is 0 Å². The van der Waals surface area contributed by atoms with Crippen LogP contribution in [0.5, 0.6) is 0 Å². The van der Waals surface area contributed by atoms with Crippen LogP contribution in [0.15, 0.2) is 24.3 Å². The van der Waals surface area contributed by atoms with Gasteiger partial charge in [-0.1, -0.05) is 13.8 Å². The summed E-state index contributed by atoms with van der Waals surface area (Å²) in [4.78, 5) is 27.7. The van der Waals surface area contributed by atoms with E-state index in [0.29, 0.717) is 54.9 Å². The Kier molecular flexibility index (Phi) is 5.85. The summed E-state index contributed by atoms with van der Waals surface area (Å²) in [6.07, 6.45) is 3.81. The monoisotopic (exact) mass is 457 g/mol. The third-order valence-corrected chi connectivity index (χ3v) is 6.38. The summed E-state index contributed by atoms with van der Waals surface area (Å²) in [6, 6.07) is 4.44. The molecule has 1 aliphatic heterocycles. The Bertz CT molecular complexity index is 1120. The average molecular weight is 457 g/mol. The van der Waals surface area contributed by atoms with Crippen molar-refractivity contribution >= 4 is 11.7 Å². The van der Waals surface area contributed by atoms with Gasteiger partial charge in [-0.2, -0.15) is 18.3 Å². The molecular formula is C25H26F3N3O2. The lowest BCUT2D eigenvalue weighted by Crippen LogP contribution is -2.32. The molecule has 1 amide bonds. The number of rotatable bonds is 4. The summed E-state index contributed by atoms with van der Waals surface area (Å²) < 4.78 is 40.7. The van der Waals surface area contributed by atoms with Gasteiger partial charge < -0.3 is 4.90 Å². The first kappa shape index (κ1) is 23.1. The van der Waals surface area contributed by atoms with Crippen LogP contribution in [0.25, 0.3) is 5.69 Å². The van der Waals surface area contributed by atoms with Gasteiger partial charge in [0.25, 0.3) is 0 Å². The van der Waals surface area contributed by atoms with Gasteiger partial charge in [-0.15, -0.1) is 12.3 Å². The van der Waals surface area contributed by atoms with E-state index in [2.05, 4.69) is 5.92 Å². The van der Waals surface area contributed by atoms with Gasteiger partial charge >= 0.3 is 6.18 Å². The second-order valence-electron chi connectivity index (χ2n) is 9.55. The van der Waals surface area contributed by atoms with E-state index in [9.17, 15) is 22.8 Å². The fourth-order valence-electron chi connectivity index (χ4n) is 4.89. The van der Waals surface area contributed by atoms with Crippen molar-refractivity contribution in [1.82, 2.24) is 14.7 Å². The molecule has 1 aromatic carbocycles. The topological polar surface area (TPSA) is 55.2 Å². The fraction of sp³-hybridized carbons (Fsp3) is 0.480. The number of halogens is 3. The highest BCUT2D eigenvalue weighted by Crippen LogP contribution is 2.42. The molecule has 4 rings (SSSR count). The van der Waals surface area contributed by atoms with Crippen molar-refractivity contribution < 1.29 is 22.8 Å². The lowest BCUT2D eigenvalue weighted by Gasteiger charge is -2.30. The minimum atomic E-state index is -4.44. The Morgan fingerprint density at radius 2 is 1.94 bits per heavy atom. The first-order valence-electron chi connectivity index (χ1n) is 11.1. The summed E-state index contributed by atoms with van der Waals surface area (Å²) in [5.74, 6) is 2.37. The Hall–Kier alpha value is -3.08. The maximum Gasteiger partial charge on any atom is 0.416 e. The van der Waals surface area contributed by atoms with E-state index in [-0.39, 0.29) is 29.6 Å².